The molecule has 0 radical (unpaired) electrons. The number of nitrogens with zero attached hydrogens (tertiary/aromatic N) is 1. The van der Waals surface area contributed by atoms with Gasteiger partial charge in [-0.3, -0.25) is 4.79 Å². The number of aliphatic hydroxyl groups is 1. The fourth-order valence-electron chi connectivity index (χ4n) is 2.13. The van der Waals surface area contributed by atoms with Gasteiger partial charge in [-0.05, 0) is 45.7 Å². The number of nitrogens with one attached hydrogen (secondary N) is 1. The molecule has 1 heterocycles. The van der Waals surface area contributed by atoms with Crippen molar-refractivity contribution in [2.45, 2.75) is 38.7 Å². The third-order valence-electron chi connectivity index (χ3n) is 3.10. The Morgan fingerprint density at radius 1 is 1.62 bits per heavy atom. The SMILES string of the molecule is CC(O)CCC(=O)NCC1CCCN(C)C1. The van der Waals surface area contributed by atoms with Crippen molar-refractivity contribution in [3.63, 3.8) is 0 Å². The van der Waals surface area contributed by atoms with E-state index in [9.17, 15) is 4.79 Å². The molecule has 0 aromatic carbocycles. The quantitative estimate of drug-likeness (QED) is 0.725. The first-order valence-electron chi connectivity index (χ1n) is 6.21. The Balaban J connectivity index is 2.11. The van der Waals surface area contributed by atoms with Gasteiger partial charge in [0.15, 0.2) is 0 Å². The molecule has 0 spiro atoms. The molecular weight excluding hydrogens is 204 g/mol. The molecule has 1 saturated heterocycles. The van der Waals surface area contributed by atoms with Gasteiger partial charge in [-0.15, -0.1) is 0 Å². The highest BCUT2D eigenvalue weighted by Gasteiger charge is 2.17. The average molecular weight is 228 g/mol. The van der Waals surface area contributed by atoms with E-state index in [-0.39, 0.29) is 12.0 Å². The zero-order valence-electron chi connectivity index (χ0n) is 10.4. The van der Waals surface area contributed by atoms with E-state index in [1.165, 1.54) is 19.4 Å². The second-order valence-corrected chi connectivity index (χ2v) is 4.96. The van der Waals surface area contributed by atoms with Crippen LogP contribution in [0.2, 0.25) is 0 Å². The molecule has 1 amide bonds. The van der Waals surface area contributed by atoms with Gasteiger partial charge in [-0.25, -0.2) is 0 Å². The molecule has 1 aliphatic rings. The maximum atomic E-state index is 11.4. The van der Waals surface area contributed by atoms with Crippen LogP contribution >= 0.6 is 0 Å². The molecule has 94 valence electrons. The molecule has 0 aromatic heterocycles. The summed E-state index contributed by atoms with van der Waals surface area (Å²) in [7, 11) is 2.13. The Kier molecular flexibility index (Phi) is 5.77. The molecule has 0 bridgehead atoms. The molecule has 16 heavy (non-hydrogen) atoms. The van der Waals surface area contributed by atoms with E-state index >= 15 is 0 Å². The number of rotatable bonds is 5. The molecule has 1 fully saturated rings. The molecule has 0 aromatic rings. The van der Waals surface area contributed by atoms with Crippen LogP contribution in [0.5, 0.6) is 0 Å². The van der Waals surface area contributed by atoms with Crippen molar-refractivity contribution in [1.29, 1.82) is 0 Å². The predicted octanol–water partition coefficient (Wildman–Crippen LogP) is 0.605. The molecular formula is C12H24N2O2. The highest BCUT2D eigenvalue weighted by molar-refractivity contribution is 5.75. The van der Waals surface area contributed by atoms with E-state index in [1.54, 1.807) is 6.92 Å². The first kappa shape index (κ1) is 13.5. The minimum absolute atomic E-state index is 0.0640. The van der Waals surface area contributed by atoms with E-state index in [0.29, 0.717) is 18.8 Å². The van der Waals surface area contributed by atoms with E-state index in [2.05, 4.69) is 17.3 Å². The number of likely N-dealkylation sites (tertiary alicyclic amines) is 1. The van der Waals surface area contributed by atoms with Crippen LogP contribution < -0.4 is 5.32 Å². The number of carbonyl (C=O) groups is 1. The first-order valence-corrected chi connectivity index (χ1v) is 6.21. The van der Waals surface area contributed by atoms with Crippen LogP contribution in [0.15, 0.2) is 0 Å². The summed E-state index contributed by atoms with van der Waals surface area (Å²) in [4.78, 5) is 13.8. The molecule has 4 heteroatoms. The lowest BCUT2D eigenvalue weighted by Gasteiger charge is -2.29. The number of amides is 1. The number of piperidine rings is 1. The number of carbonyl (C=O) groups excluding carboxylic acids is 1. The molecule has 1 rings (SSSR count). The fourth-order valence-corrected chi connectivity index (χ4v) is 2.13. The van der Waals surface area contributed by atoms with E-state index < -0.39 is 0 Å². The van der Waals surface area contributed by atoms with Crippen LogP contribution in [0.1, 0.15) is 32.6 Å². The summed E-state index contributed by atoms with van der Waals surface area (Å²) in [5.74, 6) is 0.656. The molecule has 4 nitrogen and oxygen atoms in total. The summed E-state index contributed by atoms with van der Waals surface area (Å²) in [5, 5.41) is 12.0. The molecule has 0 aliphatic carbocycles. The van der Waals surface area contributed by atoms with Gasteiger partial charge in [-0.2, -0.15) is 0 Å². The third-order valence-corrected chi connectivity index (χ3v) is 3.10. The topological polar surface area (TPSA) is 52.6 Å². The Labute approximate surface area is 98.0 Å². The Bertz CT molecular complexity index is 219. The Morgan fingerprint density at radius 3 is 3.00 bits per heavy atom. The predicted molar refractivity (Wildman–Crippen MR) is 64.1 cm³/mol. The minimum atomic E-state index is -0.383. The monoisotopic (exact) mass is 228 g/mol. The summed E-state index contributed by atoms with van der Waals surface area (Å²) >= 11 is 0. The second kappa shape index (κ2) is 6.86. The van der Waals surface area contributed by atoms with E-state index in [0.717, 1.165) is 13.1 Å². The summed E-state index contributed by atoms with van der Waals surface area (Å²) in [6.07, 6.45) is 3.04. The maximum absolute atomic E-state index is 11.4. The Morgan fingerprint density at radius 2 is 2.38 bits per heavy atom. The van der Waals surface area contributed by atoms with Crippen molar-refractivity contribution in [2.75, 3.05) is 26.7 Å². The van der Waals surface area contributed by atoms with Crippen LogP contribution in [0.3, 0.4) is 0 Å². The Hall–Kier alpha value is -0.610. The molecule has 2 N–H and O–H groups in total. The van der Waals surface area contributed by atoms with Crippen LogP contribution in [0.25, 0.3) is 0 Å². The summed E-state index contributed by atoms with van der Waals surface area (Å²) < 4.78 is 0. The van der Waals surface area contributed by atoms with Crippen LogP contribution in [0.4, 0.5) is 0 Å². The summed E-state index contributed by atoms with van der Waals surface area (Å²) in [5.41, 5.74) is 0. The lowest BCUT2D eigenvalue weighted by atomic mass is 9.98. The van der Waals surface area contributed by atoms with Crippen LogP contribution in [-0.4, -0.2) is 48.7 Å². The number of hydrogen-bond acceptors (Lipinski definition) is 3. The fraction of sp³-hybridized carbons (Fsp3) is 0.917. The van der Waals surface area contributed by atoms with Gasteiger partial charge in [0.25, 0.3) is 0 Å². The van der Waals surface area contributed by atoms with E-state index in [4.69, 9.17) is 5.11 Å². The van der Waals surface area contributed by atoms with Gasteiger partial charge in [0.2, 0.25) is 5.91 Å². The molecule has 0 saturated carbocycles. The minimum Gasteiger partial charge on any atom is -0.393 e. The van der Waals surface area contributed by atoms with Gasteiger partial charge in [0, 0.05) is 19.5 Å². The number of hydrogen-bond donors (Lipinski definition) is 2. The van der Waals surface area contributed by atoms with Crippen molar-refractivity contribution in [3.8, 4) is 0 Å². The number of aliphatic hydroxyl groups excluding tert-OH is 1. The van der Waals surface area contributed by atoms with E-state index in [1.807, 2.05) is 0 Å². The van der Waals surface area contributed by atoms with Gasteiger partial charge in [0.1, 0.15) is 0 Å². The smallest absolute Gasteiger partial charge is 0.220 e. The summed E-state index contributed by atoms with van der Waals surface area (Å²) in [6, 6.07) is 0. The van der Waals surface area contributed by atoms with Gasteiger partial charge in [-0.1, -0.05) is 0 Å². The lowest BCUT2D eigenvalue weighted by Crippen LogP contribution is -2.39. The van der Waals surface area contributed by atoms with Crippen molar-refractivity contribution >= 4 is 5.91 Å². The van der Waals surface area contributed by atoms with Crippen LogP contribution in [-0.2, 0) is 4.79 Å². The first-order chi connectivity index (χ1) is 7.58. The van der Waals surface area contributed by atoms with Gasteiger partial charge in [0.05, 0.1) is 6.10 Å². The third kappa shape index (κ3) is 5.47. The summed E-state index contributed by atoms with van der Waals surface area (Å²) in [6.45, 7) is 4.75. The van der Waals surface area contributed by atoms with Crippen molar-refractivity contribution in [2.24, 2.45) is 5.92 Å². The van der Waals surface area contributed by atoms with Gasteiger partial charge >= 0.3 is 0 Å². The van der Waals surface area contributed by atoms with Crippen molar-refractivity contribution < 1.29 is 9.90 Å². The molecule has 2 atom stereocenters. The molecule has 1 aliphatic heterocycles. The average Bonchev–Trinajstić information content (AvgIpc) is 2.23. The normalized spacial score (nSPS) is 24.1. The zero-order chi connectivity index (χ0) is 12.0. The highest BCUT2D eigenvalue weighted by Crippen LogP contribution is 2.13. The van der Waals surface area contributed by atoms with Crippen LogP contribution in [0, 0.1) is 5.92 Å². The highest BCUT2D eigenvalue weighted by atomic mass is 16.3. The van der Waals surface area contributed by atoms with Crippen molar-refractivity contribution in [3.05, 3.63) is 0 Å². The zero-order valence-corrected chi connectivity index (χ0v) is 10.4. The largest absolute Gasteiger partial charge is 0.393 e. The molecule has 2 unspecified atom stereocenters. The standard InChI is InChI=1S/C12H24N2O2/c1-10(15)5-6-12(16)13-8-11-4-3-7-14(2)9-11/h10-11,15H,3-9H2,1-2H3,(H,13,16). The second-order valence-electron chi connectivity index (χ2n) is 4.96. The maximum Gasteiger partial charge on any atom is 0.220 e. The van der Waals surface area contributed by atoms with Gasteiger partial charge < -0.3 is 15.3 Å². The van der Waals surface area contributed by atoms with Crippen molar-refractivity contribution in [1.82, 2.24) is 10.2 Å². The lowest BCUT2D eigenvalue weighted by molar-refractivity contribution is -0.121.